The molecule has 3 aromatic heterocycles. The molecule has 0 atom stereocenters. The molecule has 0 N–H and O–H groups in total. The SMILES string of the molecule is Cc1nc2c(OCc3ccccc3)cccn2c(=O)c1-c1cc(C)n(-c2ccc(Cl)cc2)n1. The normalized spacial score (nSPS) is 11.1. The molecule has 3 heterocycles. The van der Waals surface area contributed by atoms with Crippen LogP contribution in [0.4, 0.5) is 0 Å². The van der Waals surface area contributed by atoms with Gasteiger partial charge in [0, 0.05) is 16.9 Å². The number of rotatable bonds is 5. The van der Waals surface area contributed by atoms with E-state index < -0.39 is 0 Å². The lowest BCUT2D eigenvalue weighted by atomic mass is 10.1. The van der Waals surface area contributed by atoms with Crippen LogP contribution in [-0.2, 0) is 6.61 Å². The van der Waals surface area contributed by atoms with Crippen molar-refractivity contribution >= 4 is 17.2 Å². The van der Waals surface area contributed by atoms with Gasteiger partial charge < -0.3 is 4.74 Å². The second-order valence-electron chi connectivity index (χ2n) is 7.78. The average molecular weight is 457 g/mol. The van der Waals surface area contributed by atoms with Crippen molar-refractivity contribution in [1.82, 2.24) is 19.2 Å². The molecule has 0 saturated carbocycles. The van der Waals surface area contributed by atoms with Crippen LogP contribution in [0.25, 0.3) is 22.6 Å². The van der Waals surface area contributed by atoms with Gasteiger partial charge in [-0.3, -0.25) is 9.20 Å². The van der Waals surface area contributed by atoms with Gasteiger partial charge in [0.2, 0.25) is 0 Å². The second-order valence-corrected chi connectivity index (χ2v) is 8.21. The molecule has 0 aliphatic heterocycles. The van der Waals surface area contributed by atoms with Crippen molar-refractivity contribution in [3.63, 3.8) is 0 Å². The highest BCUT2D eigenvalue weighted by atomic mass is 35.5. The van der Waals surface area contributed by atoms with E-state index in [1.807, 2.05) is 80.6 Å². The molecule has 0 amide bonds. The molecule has 0 saturated heterocycles. The van der Waals surface area contributed by atoms with Gasteiger partial charge in [-0.15, -0.1) is 0 Å². The summed E-state index contributed by atoms with van der Waals surface area (Å²) in [6.45, 7) is 4.16. The van der Waals surface area contributed by atoms with Crippen molar-refractivity contribution in [1.29, 1.82) is 0 Å². The molecule has 0 bridgehead atoms. The van der Waals surface area contributed by atoms with Crippen LogP contribution in [0.5, 0.6) is 5.75 Å². The highest BCUT2D eigenvalue weighted by Gasteiger charge is 2.18. The molecule has 164 valence electrons. The standard InChI is InChI=1S/C26H21ClN4O2/c1-17-15-22(29-31(17)21-12-10-20(27)11-13-21)24-18(2)28-25-23(9-6-14-30(25)26(24)32)33-16-19-7-4-3-5-8-19/h3-15H,16H2,1-2H3. The van der Waals surface area contributed by atoms with Crippen LogP contribution < -0.4 is 10.3 Å². The van der Waals surface area contributed by atoms with Crippen LogP contribution in [0.3, 0.4) is 0 Å². The molecular formula is C26H21ClN4O2. The van der Waals surface area contributed by atoms with Gasteiger partial charge in [0.25, 0.3) is 5.56 Å². The van der Waals surface area contributed by atoms with E-state index in [9.17, 15) is 4.79 Å². The fourth-order valence-corrected chi connectivity index (χ4v) is 3.95. The number of hydrogen-bond donors (Lipinski definition) is 0. The highest BCUT2D eigenvalue weighted by Crippen LogP contribution is 2.25. The molecule has 5 rings (SSSR count). The summed E-state index contributed by atoms with van der Waals surface area (Å²) in [7, 11) is 0. The van der Waals surface area contributed by atoms with Crippen molar-refractivity contribution < 1.29 is 4.74 Å². The predicted molar refractivity (Wildman–Crippen MR) is 129 cm³/mol. The van der Waals surface area contributed by atoms with Gasteiger partial charge in [0.05, 0.1) is 16.9 Å². The Bertz CT molecular complexity index is 1510. The molecule has 2 aromatic carbocycles. The molecule has 0 spiro atoms. The number of benzene rings is 2. The van der Waals surface area contributed by atoms with E-state index in [1.54, 1.807) is 16.9 Å². The lowest BCUT2D eigenvalue weighted by Crippen LogP contribution is -2.19. The zero-order valence-corrected chi connectivity index (χ0v) is 19.0. The van der Waals surface area contributed by atoms with Gasteiger partial charge >= 0.3 is 0 Å². The molecule has 6 nitrogen and oxygen atoms in total. The minimum Gasteiger partial charge on any atom is -0.485 e. The minimum absolute atomic E-state index is 0.191. The van der Waals surface area contributed by atoms with Gasteiger partial charge in [-0.1, -0.05) is 41.9 Å². The summed E-state index contributed by atoms with van der Waals surface area (Å²) in [4.78, 5) is 18.2. The first kappa shape index (κ1) is 21.0. The predicted octanol–water partition coefficient (Wildman–Crippen LogP) is 5.40. The number of hydrogen-bond acceptors (Lipinski definition) is 4. The van der Waals surface area contributed by atoms with Gasteiger partial charge in [0.15, 0.2) is 11.4 Å². The summed E-state index contributed by atoms with van der Waals surface area (Å²) < 4.78 is 9.30. The maximum atomic E-state index is 13.5. The Hall–Kier alpha value is -3.90. The number of fused-ring (bicyclic) bond motifs is 1. The lowest BCUT2D eigenvalue weighted by Gasteiger charge is -2.11. The number of aryl methyl sites for hydroxylation is 2. The third-order valence-corrected chi connectivity index (χ3v) is 5.70. The van der Waals surface area contributed by atoms with Gasteiger partial charge in [-0.25, -0.2) is 9.67 Å². The number of nitrogens with zero attached hydrogens (tertiary/aromatic N) is 4. The van der Waals surface area contributed by atoms with Crippen LogP contribution in [0.15, 0.2) is 83.8 Å². The van der Waals surface area contributed by atoms with Crippen LogP contribution in [-0.4, -0.2) is 19.2 Å². The largest absolute Gasteiger partial charge is 0.485 e. The van der Waals surface area contributed by atoms with Crippen LogP contribution in [0.1, 0.15) is 17.0 Å². The summed E-state index contributed by atoms with van der Waals surface area (Å²) in [6.07, 6.45) is 1.70. The zero-order chi connectivity index (χ0) is 22.9. The first-order valence-electron chi connectivity index (χ1n) is 10.5. The Morgan fingerprint density at radius 3 is 2.48 bits per heavy atom. The van der Waals surface area contributed by atoms with E-state index >= 15 is 0 Å². The fourth-order valence-electron chi connectivity index (χ4n) is 3.83. The average Bonchev–Trinajstić information content (AvgIpc) is 3.20. The molecule has 7 heteroatoms. The van der Waals surface area contributed by atoms with Crippen molar-refractivity contribution in [2.24, 2.45) is 0 Å². The maximum absolute atomic E-state index is 13.5. The molecule has 33 heavy (non-hydrogen) atoms. The Kier molecular flexibility index (Phi) is 5.44. The number of aromatic nitrogens is 4. The molecule has 0 radical (unpaired) electrons. The number of halogens is 1. The Labute approximate surface area is 195 Å². The molecule has 0 fully saturated rings. The molecule has 0 unspecified atom stereocenters. The Morgan fingerprint density at radius 1 is 0.970 bits per heavy atom. The van der Waals surface area contributed by atoms with Crippen molar-refractivity contribution in [3.8, 4) is 22.7 Å². The van der Waals surface area contributed by atoms with E-state index in [1.165, 1.54) is 4.40 Å². The van der Waals surface area contributed by atoms with Gasteiger partial charge in [-0.05, 0) is 61.9 Å². The van der Waals surface area contributed by atoms with Crippen molar-refractivity contribution in [3.05, 3.63) is 111 Å². The summed E-state index contributed by atoms with van der Waals surface area (Å²) >= 11 is 6.01. The van der Waals surface area contributed by atoms with Gasteiger partial charge in [-0.2, -0.15) is 5.10 Å². The molecule has 0 aliphatic carbocycles. The summed E-state index contributed by atoms with van der Waals surface area (Å²) in [6, 6.07) is 22.8. The maximum Gasteiger partial charge on any atom is 0.267 e. The zero-order valence-electron chi connectivity index (χ0n) is 18.2. The van der Waals surface area contributed by atoms with E-state index in [-0.39, 0.29) is 5.56 Å². The second kappa shape index (κ2) is 8.56. The summed E-state index contributed by atoms with van der Waals surface area (Å²) in [5, 5.41) is 5.35. The van der Waals surface area contributed by atoms with Crippen LogP contribution in [0, 0.1) is 13.8 Å². The third-order valence-electron chi connectivity index (χ3n) is 5.45. The van der Waals surface area contributed by atoms with E-state index in [2.05, 4.69) is 0 Å². The van der Waals surface area contributed by atoms with Crippen LogP contribution in [0.2, 0.25) is 5.02 Å². The lowest BCUT2D eigenvalue weighted by molar-refractivity contribution is 0.308. The highest BCUT2D eigenvalue weighted by molar-refractivity contribution is 6.30. The van der Waals surface area contributed by atoms with Gasteiger partial charge in [0.1, 0.15) is 12.3 Å². The van der Waals surface area contributed by atoms with E-state index in [0.717, 1.165) is 16.9 Å². The molecular weight excluding hydrogens is 436 g/mol. The quantitative estimate of drug-likeness (QED) is 0.355. The first-order valence-corrected chi connectivity index (χ1v) is 10.9. The fraction of sp³-hybridized carbons (Fsp3) is 0.115. The first-order chi connectivity index (χ1) is 16.0. The number of pyridine rings is 1. The van der Waals surface area contributed by atoms with Crippen molar-refractivity contribution in [2.45, 2.75) is 20.5 Å². The van der Waals surface area contributed by atoms with E-state index in [0.29, 0.717) is 40.0 Å². The van der Waals surface area contributed by atoms with Crippen LogP contribution >= 0.6 is 11.6 Å². The van der Waals surface area contributed by atoms with E-state index in [4.69, 9.17) is 26.4 Å². The molecule has 0 aliphatic rings. The number of ether oxygens (including phenoxy) is 1. The topological polar surface area (TPSA) is 61.4 Å². The molecule has 5 aromatic rings. The summed E-state index contributed by atoms with van der Waals surface area (Å²) in [5.74, 6) is 0.552. The summed E-state index contributed by atoms with van der Waals surface area (Å²) in [5.41, 5.74) is 4.72. The smallest absolute Gasteiger partial charge is 0.267 e. The Morgan fingerprint density at radius 2 is 1.73 bits per heavy atom. The minimum atomic E-state index is -0.191. The monoisotopic (exact) mass is 456 g/mol. The third kappa shape index (κ3) is 4.01. The Balaban J connectivity index is 1.56. The van der Waals surface area contributed by atoms with Crippen molar-refractivity contribution in [2.75, 3.05) is 0 Å².